The predicted molar refractivity (Wildman–Crippen MR) is 103 cm³/mol. The molecule has 1 saturated heterocycles. The summed E-state index contributed by atoms with van der Waals surface area (Å²) in [6.45, 7) is 0.784. The molecule has 0 aliphatic carbocycles. The molecule has 1 heterocycles. The summed E-state index contributed by atoms with van der Waals surface area (Å²) in [7, 11) is 0. The normalized spacial score (nSPS) is 14.2. The fraction of sp³-hybridized carbons (Fsp3) is 0.273. The van der Waals surface area contributed by atoms with Gasteiger partial charge in [0.1, 0.15) is 0 Å². The zero-order chi connectivity index (χ0) is 20.9. The van der Waals surface area contributed by atoms with Crippen molar-refractivity contribution < 1.29 is 22.8 Å². The van der Waals surface area contributed by atoms with Crippen LogP contribution in [-0.2, 0) is 11.0 Å². The molecule has 4 nitrogen and oxygen atoms in total. The van der Waals surface area contributed by atoms with E-state index in [1.54, 1.807) is 4.90 Å². The summed E-state index contributed by atoms with van der Waals surface area (Å²) >= 11 is 0. The molecule has 0 unspecified atom stereocenters. The first-order chi connectivity index (χ1) is 13.8. The van der Waals surface area contributed by atoms with E-state index < -0.39 is 17.6 Å². The second kappa shape index (κ2) is 8.82. The number of halogens is 3. The summed E-state index contributed by atoms with van der Waals surface area (Å²) in [5.74, 6) is 5.34. The van der Waals surface area contributed by atoms with Crippen LogP contribution in [0.25, 0.3) is 0 Å². The van der Waals surface area contributed by atoms with Gasteiger partial charge in [-0.25, -0.2) is 0 Å². The minimum Gasteiger partial charge on any atom is -0.341 e. The Balaban J connectivity index is 1.53. The van der Waals surface area contributed by atoms with Crippen molar-refractivity contribution in [3.63, 3.8) is 0 Å². The van der Waals surface area contributed by atoms with Crippen molar-refractivity contribution in [3.05, 3.63) is 65.2 Å². The van der Waals surface area contributed by atoms with Gasteiger partial charge >= 0.3 is 6.18 Å². The van der Waals surface area contributed by atoms with E-state index in [1.165, 1.54) is 0 Å². The van der Waals surface area contributed by atoms with Gasteiger partial charge in [0, 0.05) is 29.8 Å². The molecule has 29 heavy (non-hydrogen) atoms. The monoisotopic (exact) mass is 400 g/mol. The molecule has 2 aromatic rings. The first-order valence-corrected chi connectivity index (χ1v) is 9.19. The molecule has 150 valence electrons. The van der Waals surface area contributed by atoms with E-state index in [0.717, 1.165) is 54.9 Å². The highest BCUT2D eigenvalue weighted by atomic mass is 19.4. The van der Waals surface area contributed by atoms with Gasteiger partial charge in [0.15, 0.2) is 0 Å². The molecule has 1 aliphatic rings. The zero-order valence-electron chi connectivity index (χ0n) is 15.6. The maximum atomic E-state index is 12.5. The molecule has 0 aromatic heterocycles. The van der Waals surface area contributed by atoms with Gasteiger partial charge in [-0.05, 0) is 61.4 Å². The van der Waals surface area contributed by atoms with Crippen molar-refractivity contribution in [3.8, 4) is 11.8 Å². The van der Waals surface area contributed by atoms with E-state index in [9.17, 15) is 22.8 Å². The quantitative estimate of drug-likeness (QED) is 0.792. The Morgan fingerprint density at radius 2 is 1.72 bits per heavy atom. The first kappa shape index (κ1) is 20.5. The Bertz CT molecular complexity index is 939. The Kier molecular flexibility index (Phi) is 6.23. The van der Waals surface area contributed by atoms with Crippen LogP contribution in [0.4, 0.5) is 18.9 Å². The van der Waals surface area contributed by atoms with E-state index in [-0.39, 0.29) is 18.0 Å². The molecule has 0 radical (unpaired) electrons. The summed E-state index contributed by atoms with van der Waals surface area (Å²) in [4.78, 5) is 25.7. The van der Waals surface area contributed by atoms with Gasteiger partial charge in [0.2, 0.25) is 5.91 Å². The number of nitrogens with one attached hydrogen (secondary N) is 1. The predicted octanol–water partition coefficient (Wildman–Crippen LogP) is 4.00. The summed E-state index contributed by atoms with van der Waals surface area (Å²) in [6.07, 6.45) is -1.94. The summed E-state index contributed by atoms with van der Waals surface area (Å²) in [5, 5.41) is 2.55. The molecular formula is C22H19F3N2O2. The molecule has 0 saturated carbocycles. The van der Waals surface area contributed by atoms with E-state index in [0.29, 0.717) is 6.42 Å². The number of hydrogen-bond donors (Lipinski definition) is 1. The largest absolute Gasteiger partial charge is 0.416 e. The van der Waals surface area contributed by atoms with Crippen molar-refractivity contribution in [2.24, 2.45) is 0 Å². The van der Waals surface area contributed by atoms with Crippen molar-refractivity contribution in [1.29, 1.82) is 0 Å². The number of anilines is 1. The smallest absolute Gasteiger partial charge is 0.341 e. The van der Waals surface area contributed by atoms with Crippen LogP contribution >= 0.6 is 0 Å². The average Bonchev–Trinajstić information content (AvgIpc) is 2.71. The lowest BCUT2D eigenvalue weighted by molar-refractivity contribution is -0.137. The third kappa shape index (κ3) is 5.38. The van der Waals surface area contributed by atoms with Crippen LogP contribution in [0.5, 0.6) is 0 Å². The van der Waals surface area contributed by atoms with Gasteiger partial charge in [0.25, 0.3) is 5.91 Å². The van der Waals surface area contributed by atoms with Gasteiger partial charge < -0.3 is 10.2 Å². The number of carbonyl (C=O) groups excluding carboxylic acids is 2. The van der Waals surface area contributed by atoms with Gasteiger partial charge in [-0.1, -0.05) is 11.8 Å². The number of alkyl halides is 3. The highest BCUT2D eigenvalue weighted by molar-refractivity contribution is 5.94. The number of benzene rings is 2. The van der Waals surface area contributed by atoms with Crippen molar-refractivity contribution >= 4 is 17.5 Å². The van der Waals surface area contributed by atoms with Gasteiger partial charge in [-0.15, -0.1) is 0 Å². The Labute approximate surface area is 166 Å². The van der Waals surface area contributed by atoms with Crippen molar-refractivity contribution in [2.75, 3.05) is 18.0 Å². The lowest BCUT2D eigenvalue weighted by atomic mass is 10.1. The van der Waals surface area contributed by atoms with E-state index in [2.05, 4.69) is 17.2 Å². The highest BCUT2D eigenvalue weighted by Crippen LogP contribution is 2.29. The third-order valence-corrected chi connectivity index (χ3v) is 4.55. The minimum atomic E-state index is -4.43. The molecule has 1 aliphatic heterocycles. The Hall–Kier alpha value is -3.27. The molecule has 7 heteroatoms. The number of nitrogens with zero attached hydrogens (tertiary/aromatic N) is 1. The molecule has 2 aromatic carbocycles. The lowest BCUT2D eigenvalue weighted by Crippen LogP contribution is -2.35. The van der Waals surface area contributed by atoms with Crippen LogP contribution in [0.3, 0.4) is 0 Å². The SMILES string of the molecule is O=C(NCC#Cc1ccc(N2CCCCC2=O)cc1)c1ccc(C(F)(F)F)cc1. The molecule has 3 rings (SSSR count). The van der Waals surface area contributed by atoms with Crippen LogP contribution in [0.1, 0.15) is 40.7 Å². The van der Waals surface area contributed by atoms with Gasteiger partial charge in [0.05, 0.1) is 12.1 Å². The van der Waals surface area contributed by atoms with Crippen LogP contribution in [-0.4, -0.2) is 24.9 Å². The van der Waals surface area contributed by atoms with E-state index >= 15 is 0 Å². The Morgan fingerprint density at radius 3 is 2.34 bits per heavy atom. The third-order valence-electron chi connectivity index (χ3n) is 4.55. The number of piperidine rings is 1. The second-order valence-corrected chi connectivity index (χ2v) is 6.61. The van der Waals surface area contributed by atoms with E-state index in [1.807, 2.05) is 24.3 Å². The van der Waals surface area contributed by atoms with Crippen LogP contribution in [0, 0.1) is 11.8 Å². The number of rotatable bonds is 3. The van der Waals surface area contributed by atoms with E-state index in [4.69, 9.17) is 0 Å². The Morgan fingerprint density at radius 1 is 1.03 bits per heavy atom. The molecule has 2 amide bonds. The van der Waals surface area contributed by atoms with Crippen LogP contribution in [0.2, 0.25) is 0 Å². The van der Waals surface area contributed by atoms with Crippen LogP contribution < -0.4 is 10.2 Å². The van der Waals surface area contributed by atoms with Crippen molar-refractivity contribution in [1.82, 2.24) is 5.32 Å². The summed E-state index contributed by atoms with van der Waals surface area (Å²) < 4.78 is 37.6. The average molecular weight is 400 g/mol. The zero-order valence-corrected chi connectivity index (χ0v) is 15.6. The molecular weight excluding hydrogens is 381 g/mol. The molecule has 0 atom stereocenters. The van der Waals surface area contributed by atoms with Gasteiger partial charge in [-0.3, -0.25) is 9.59 Å². The maximum Gasteiger partial charge on any atom is 0.416 e. The van der Waals surface area contributed by atoms with Crippen molar-refractivity contribution in [2.45, 2.75) is 25.4 Å². The summed E-state index contributed by atoms with van der Waals surface area (Å²) in [6, 6.07) is 11.3. The standard InChI is InChI=1S/C22H19F3N2O2/c23-22(24,25)18-10-8-17(9-11-18)21(29)26-14-3-4-16-6-12-19(13-7-16)27-15-2-1-5-20(27)28/h6-13H,1-2,5,14-15H2,(H,26,29). The molecule has 0 bridgehead atoms. The fourth-order valence-electron chi connectivity index (χ4n) is 2.99. The highest BCUT2D eigenvalue weighted by Gasteiger charge is 2.30. The number of amides is 2. The molecule has 0 spiro atoms. The minimum absolute atomic E-state index is 0.0617. The fourth-order valence-corrected chi connectivity index (χ4v) is 2.99. The first-order valence-electron chi connectivity index (χ1n) is 9.19. The number of carbonyl (C=O) groups is 2. The molecule has 1 fully saturated rings. The topological polar surface area (TPSA) is 49.4 Å². The summed E-state index contributed by atoms with van der Waals surface area (Å²) in [5.41, 5.74) is 0.914. The maximum absolute atomic E-state index is 12.5. The number of hydrogen-bond acceptors (Lipinski definition) is 2. The lowest BCUT2D eigenvalue weighted by Gasteiger charge is -2.26. The second-order valence-electron chi connectivity index (χ2n) is 6.61. The molecule has 1 N–H and O–H groups in total. The van der Waals surface area contributed by atoms with Gasteiger partial charge in [-0.2, -0.15) is 13.2 Å². The van der Waals surface area contributed by atoms with Crippen LogP contribution in [0.15, 0.2) is 48.5 Å².